The minimum atomic E-state index is 0.571. The van der Waals surface area contributed by atoms with Crippen LogP contribution in [0.15, 0.2) is 18.3 Å². The van der Waals surface area contributed by atoms with E-state index in [0.29, 0.717) is 11.2 Å². The van der Waals surface area contributed by atoms with Gasteiger partial charge in [-0.05, 0) is 25.0 Å². The second-order valence-electron chi connectivity index (χ2n) is 4.53. The number of halogens is 1. The molecule has 1 aromatic heterocycles. The molecule has 3 heteroatoms. The van der Waals surface area contributed by atoms with Crippen molar-refractivity contribution in [3.05, 3.63) is 23.5 Å². The van der Waals surface area contributed by atoms with Crippen LogP contribution in [0.25, 0.3) is 0 Å². The van der Waals surface area contributed by atoms with E-state index in [0.717, 1.165) is 5.69 Å². The van der Waals surface area contributed by atoms with Crippen LogP contribution >= 0.6 is 11.6 Å². The molecule has 0 amide bonds. The second-order valence-corrected chi connectivity index (χ2v) is 4.89. The number of anilines is 1. The van der Waals surface area contributed by atoms with Crippen molar-refractivity contribution in [2.24, 2.45) is 0 Å². The molecule has 0 unspecified atom stereocenters. The van der Waals surface area contributed by atoms with Gasteiger partial charge in [0.2, 0.25) is 0 Å². The number of pyridine rings is 1. The van der Waals surface area contributed by atoms with E-state index in [2.05, 4.69) is 10.3 Å². The fraction of sp³-hybridized carbons (Fsp3) is 0.615. The molecule has 1 N–H and O–H groups in total. The van der Waals surface area contributed by atoms with Gasteiger partial charge in [0.1, 0.15) is 0 Å². The molecule has 0 aromatic carbocycles. The molecule has 1 fully saturated rings. The highest BCUT2D eigenvalue weighted by Gasteiger charge is 2.12. The minimum Gasteiger partial charge on any atom is -0.380 e. The summed E-state index contributed by atoms with van der Waals surface area (Å²) in [7, 11) is 0. The van der Waals surface area contributed by atoms with Gasteiger partial charge in [0, 0.05) is 12.2 Å². The van der Waals surface area contributed by atoms with Crippen LogP contribution in [-0.2, 0) is 0 Å². The Morgan fingerprint density at radius 1 is 1.12 bits per heavy atom. The zero-order valence-corrected chi connectivity index (χ0v) is 10.3. The second kappa shape index (κ2) is 6.09. The van der Waals surface area contributed by atoms with E-state index in [-0.39, 0.29) is 0 Å². The maximum Gasteiger partial charge on any atom is 0.152 e. The van der Waals surface area contributed by atoms with Crippen LogP contribution in [-0.4, -0.2) is 11.0 Å². The molecule has 88 valence electrons. The van der Waals surface area contributed by atoms with Crippen LogP contribution in [0, 0.1) is 0 Å². The van der Waals surface area contributed by atoms with E-state index in [1.54, 1.807) is 6.20 Å². The van der Waals surface area contributed by atoms with Gasteiger partial charge in [-0.1, -0.05) is 43.7 Å². The topological polar surface area (TPSA) is 24.9 Å². The van der Waals surface area contributed by atoms with Crippen molar-refractivity contribution in [1.82, 2.24) is 4.98 Å². The molecule has 1 saturated carbocycles. The Morgan fingerprint density at radius 2 is 1.81 bits per heavy atom. The highest BCUT2D eigenvalue weighted by atomic mass is 35.5. The third-order valence-electron chi connectivity index (χ3n) is 3.22. The van der Waals surface area contributed by atoms with Gasteiger partial charge in [0.25, 0.3) is 0 Å². The molecule has 16 heavy (non-hydrogen) atoms. The normalized spacial score (nSPS) is 18.8. The number of hydrogen-bond donors (Lipinski definition) is 1. The predicted molar refractivity (Wildman–Crippen MR) is 69.0 cm³/mol. The van der Waals surface area contributed by atoms with Gasteiger partial charge >= 0.3 is 0 Å². The lowest BCUT2D eigenvalue weighted by atomic mass is 9.96. The van der Waals surface area contributed by atoms with Crippen LogP contribution in [0.3, 0.4) is 0 Å². The van der Waals surface area contributed by atoms with Gasteiger partial charge in [-0.2, -0.15) is 0 Å². The molecule has 2 nitrogen and oxygen atoms in total. The van der Waals surface area contributed by atoms with Gasteiger partial charge < -0.3 is 5.32 Å². The fourth-order valence-electron chi connectivity index (χ4n) is 2.31. The van der Waals surface area contributed by atoms with E-state index in [1.165, 1.54) is 44.9 Å². The molecular weight excluding hydrogens is 220 g/mol. The fourth-order valence-corrected chi connectivity index (χ4v) is 2.49. The summed E-state index contributed by atoms with van der Waals surface area (Å²) in [5.41, 5.74) is 0.981. The molecule has 1 aromatic rings. The highest BCUT2D eigenvalue weighted by Crippen LogP contribution is 2.24. The van der Waals surface area contributed by atoms with Crippen molar-refractivity contribution < 1.29 is 0 Å². The molecule has 0 aliphatic heterocycles. The van der Waals surface area contributed by atoms with E-state index < -0.39 is 0 Å². The SMILES string of the molecule is Clc1ncccc1NC1CCCCCCC1. The van der Waals surface area contributed by atoms with Crippen molar-refractivity contribution in [3.8, 4) is 0 Å². The summed E-state index contributed by atoms with van der Waals surface area (Å²) in [6.07, 6.45) is 11.0. The summed E-state index contributed by atoms with van der Waals surface area (Å²) in [6, 6.07) is 4.51. The lowest BCUT2D eigenvalue weighted by Crippen LogP contribution is -2.20. The van der Waals surface area contributed by atoms with Crippen molar-refractivity contribution in [2.75, 3.05) is 5.32 Å². The average Bonchev–Trinajstić information content (AvgIpc) is 2.24. The standard InChI is InChI=1S/C13H19ClN2/c14-13-12(9-6-10-15-13)16-11-7-4-2-1-3-5-8-11/h6,9-11,16H,1-5,7-8H2. The van der Waals surface area contributed by atoms with Crippen molar-refractivity contribution in [2.45, 2.75) is 51.0 Å². The quantitative estimate of drug-likeness (QED) is 0.779. The van der Waals surface area contributed by atoms with Gasteiger partial charge in [0.05, 0.1) is 5.69 Å². The van der Waals surface area contributed by atoms with E-state index >= 15 is 0 Å². The van der Waals surface area contributed by atoms with Gasteiger partial charge in [-0.25, -0.2) is 4.98 Å². The molecule has 1 aliphatic rings. The Kier molecular flexibility index (Phi) is 4.46. The average molecular weight is 239 g/mol. The Balaban J connectivity index is 1.94. The zero-order valence-electron chi connectivity index (χ0n) is 9.58. The first-order valence-electron chi connectivity index (χ1n) is 6.23. The number of aromatic nitrogens is 1. The van der Waals surface area contributed by atoms with Crippen LogP contribution in [0.2, 0.25) is 5.15 Å². The molecule has 0 radical (unpaired) electrons. The summed E-state index contributed by atoms with van der Waals surface area (Å²) in [5.74, 6) is 0. The molecule has 0 saturated heterocycles. The number of nitrogens with one attached hydrogen (secondary N) is 1. The monoisotopic (exact) mass is 238 g/mol. The van der Waals surface area contributed by atoms with E-state index in [1.807, 2.05) is 12.1 Å². The first kappa shape index (κ1) is 11.7. The first-order chi connectivity index (χ1) is 7.86. The molecule has 1 heterocycles. The first-order valence-corrected chi connectivity index (χ1v) is 6.61. The summed E-state index contributed by atoms with van der Waals surface area (Å²) in [4.78, 5) is 4.09. The Bertz CT molecular complexity index is 319. The van der Waals surface area contributed by atoms with Gasteiger partial charge in [0.15, 0.2) is 5.15 Å². The van der Waals surface area contributed by atoms with Crippen LogP contribution < -0.4 is 5.32 Å². The van der Waals surface area contributed by atoms with Gasteiger partial charge in [-0.3, -0.25) is 0 Å². The summed E-state index contributed by atoms with van der Waals surface area (Å²) in [6.45, 7) is 0. The molecule has 0 atom stereocenters. The Hall–Kier alpha value is -0.760. The highest BCUT2D eigenvalue weighted by molar-refractivity contribution is 6.31. The maximum absolute atomic E-state index is 6.04. The summed E-state index contributed by atoms with van der Waals surface area (Å²) >= 11 is 6.04. The molecule has 2 rings (SSSR count). The predicted octanol–water partition coefficient (Wildman–Crippen LogP) is 4.26. The number of hydrogen-bond acceptors (Lipinski definition) is 2. The third kappa shape index (κ3) is 3.38. The third-order valence-corrected chi connectivity index (χ3v) is 3.53. The summed E-state index contributed by atoms with van der Waals surface area (Å²) in [5, 5.41) is 4.11. The van der Waals surface area contributed by atoms with Gasteiger partial charge in [-0.15, -0.1) is 0 Å². The van der Waals surface area contributed by atoms with Crippen LogP contribution in [0.5, 0.6) is 0 Å². The molecule has 1 aliphatic carbocycles. The molecular formula is C13H19ClN2. The van der Waals surface area contributed by atoms with Crippen LogP contribution in [0.1, 0.15) is 44.9 Å². The maximum atomic E-state index is 6.04. The lowest BCUT2D eigenvalue weighted by molar-refractivity contribution is 0.471. The largest absolute Gasteiger partial charge is 0.380 e. The Morgan fingerprint density at radius 3 is 2.50 bits per heavy atom. The summed E-state index contributed by atoms with van der Waals surface area (Å²) < 4.78 is 0. The van der Waals surface area contributed by atoms with Crippen molar-refractivity contribution in [3.63, 3.8) is 0 Å². The van der Waals surface area contributed by atoms with E-state index in [4.69, 9.17) is 11.6 Å². The minimum absolute atomic E-state index is 0.571. The zero-order chi connectivity index (χ0) is 11.2. The van der Waals surface area contributed by atoms with Crippen LogP contribution in [0.4, 0.5) is 5.69 Å². The Labute approximate surface area is 102 Å². The lowest BCUT2D eigenvalue weighted by Gasteiger charge is -2.22. The van der Waals surface area contributed by atoms with Crippen molar-refractivity contribution >= 4 is 17.3 Å². The smallest absolute Gasteiger partial charge is 0.152 e. The number of rotatable bonds is 2. The van der Waals surface area contributed by atoms with Crippen molar-refractivity contribution in [1.29, 1.82) is 0 Å². The molecule has 0 bridgehead atoms. The van der Waals surface area contributed by atoms with E-state index in [9.17, 15) is 0 Å². The number of nitrogens with zero attached hydrogens (tertiary/aromatic N) is 1. The molecule has 0 spiro atoms.